The summed E-state index contributed by atoms with van der Waals surface area (Å²) < 4.78 is 6.60. The van der Waals surface area contributed by atoms with Crippen molar-refractivity contribution in [3.05, 3.63) is 32.9 Å². The minimum atomic E-state index is -0.412. The summed E-state index contributed by atoms with van der Waals surface area (Å²) in [5.74, 6) is -0.237. The molecule has 1 rings (SSSR count). The van der Waals surface area contributed by atoms with Gasteiger partial charge in [-0.05, 0) is 68.3 Å². The number of carbonyl (C=O) groups is 1. The van der Waals surface area contributed by atoms with Gasteiger partial charge in [0.05, 0.1) is 5.92 Å². The molecule has 0 amide bonds. The Hall–Kier alpha value is -0.580. The fourth-order valence-corrected chi connectivity index (χ4v) is 2.23. The molecule has 0 bridgehead atoms. The van der Waals surface area contributed by atoms with Crippen LogP contribution in [0.5, 0.6) is 0 Å². The van der Waals surface area contributed by atoms with Crippen LogP contribution in [0, 0.1) is 16.4 Å². The Balaban J connectivity index is 2.72. The van der Waals surface area contributed by atoms with Gasteiger partial charge in [-0.1, -0.05) is 24.6 Å². The van der Waals surface area contributed by atoms with Gasteiger partial charge >= 0.3 is 5.97 Å². The number of aryl methyl sites for hydroxylation is 1. The van der Waals surface area contributed by atoms with Crippen LogP contribution in [0.4, 0.5) is 0 Å². The summed E-state index contributed by atoms with van der Waals surface area (Å²) in [6, 6.07) is 6.32. The summed E-state index contributed by atoms with van der Waals surface area (Å²) >= 11 is 2.31. The van der Waals surface area contributed by atoms with Crippen molar-refractivity contribution in [3.8, 4) is 0 Å². The molecule has 0 heterocycles. The number of hydrogen-bond acceptors (Lipinski definition) is 2. The maximum atomic E-state index is 11.9. The van der Waals surface area contributed by atoms with E-state index in [2.05, 4.69) is 47.7 Å². The van der Waals surface area contributed by atoms with E-state index < -0.39 is 5.60 Å². The molecule has 0 aliphatic carbocycles. The monoisotopic (exact) mass is 360 g/mol. The second kappa shape index (κ2) is 6.04. The lowest BCUT2D eigenvalue weighted by Gasteiger charge is -2.22. The van der Waals surface area contributed by atoms with Crippen molar-refractivity contribution >= 4 is 28.6 Å². The lowest BCUT2D eigenvalue weighted by molar-refractivity contribution is -0.159. The number of benzene rings is 1. The molecule has 1 atom stereocenters. The average molecular weight is 360 g/mol. The lowest BCUT2D eigenvalue weighted by Crippen LogP contribution is -2.28. The van der Waals surface area contributed by atoms with E-state index in [4.69, 9.17) is 4.74 Å². The third-order valence-electron chi connectivity index (χ3n) is 2.54. The SMILES string of the molecule is Cc1ccc(I)c(C[C@H](C)C(=O)OC(C)(C)C)c1. The first kappa shape index (κ1) is 15.5. The Morgan fingerprint density at radius 2 is 2.00 bits per heavy atom. The van der Waals surface area contributed by atoms with Crippen LogP contribution >= 0.6 is 22.6 Å². The molecular formula is C15H21IO2. The third-order valence-corrected chi connectivity index (χ3v) is 3.59. The zero-order valence-corrected chi connectivity index (χ0v) is 13.9. The van der Waals surface area contributed by atoms with Crippen molar-refractivity contribution in [2.75, 3.05) is 0 Å². The van der Waals surface area contributed by atoms with Crippen LogP contribution in [0.1, 0.15) is 38.8 Å². The van der Waals surface area contributed by atoms with Crippen LogP contribution < -0.4 is 0 Å². The fraction of sp³-hybridized carbons (Fsp3) is 0.533. The molecule has 0 saturated carbocycles. The topological polar surface area (TPSA) is 26.3 Å². The number of rotatable bonds is 3. The quantitative estimate of drug-likeness (QED) is 0.599. The average Bonchev–Trinajstić information content (AvgIpc) is 2.21. The standard InChI is InChI=1S/C15H21IO2/c1-10-6-7-13(16)12(8-10)9-11(2)14(17)18-15(3,4)5/h6-8,11H,9H2,1-5H3/t11-/m0/s1. The van der Waals surface area contributed by atoms with Crippen LogP contribution in [-0.4, -0.2) is 11.6 Å². The second-order valence-electron chi connectivity index (χ2n) is 5.73. The van der Waals surface area contributed by atoms with Gasteiger partial charge in [0.1, 0.15) is 5.60 Å². The molecule has 3 heteroatoms. The van der Waals surface area contributed by atoms with E-state index >= 15 is 0 Å². The molecule has 0 aliphatic heterocycles. The Labute approximate surface area is 123 Å². The van der Waals surface area contributed by atoms with E-state index in [-0.39, 0.29) is 11.9 Å². The van der Waals surface area contributed by atoms with E-state index in [0.29, 0.717) is 0 Å². The van der Waals surface area contributed by atoms with E-state index in [1.165, 1.54) is 14.7 Å². The fourth-order valence-electron chi connectivity index (χ4n) is 1.68. The van der Waals surface area contributed by atoms with Gasteiger partial charge in [-0.2, -0.15) is 0 Å². The molecule has 100 valence electrons. The molecule has 0 radical (unpaired) electrons. The highest BCUT2D eigenvalue weighted by molar-refractivity contribution is 14.1. The number of carbonyl (C=O) groups excluding carboxylic acids is 1. The Morgan fingerprint density at radius 3 is 2.56 bits per heavy atom. The molecule has 0 aromatic heterocycles. The Bertz CT molecular complexity index is 433. The number of hydrogen-bond donors (Lipinski definition) is 0. The Morgan fingerprint density at radius 1 is 1.39 bits per heavy atom. The van der Waals surface area contributed by atoms with E-state index in [9.17, 15) is 4.79 Å². The van der Waals surface area contributed by atoms with Crippen molar-refractivity contribution in [2.45, 2.75) is 46.6 Å². The van der Waals surface area contributed by atoms with Gasteiger partial charge < -0.3 is 4.74 Å². The van der Waals surface area contributed by atoms with Gasteiger partial charge in [0.2, 0.25) is 0 Å². The van der Waals surface area contributed by atoms with Gasteiger partial charge in [0, 0.05) is 3.57 Å². The van der Waals surface area contributed by atoms with Gasteiger partial charge in [0.25, 0.3) is 0 Å². The third kappa shape index (κ3) is 4.96. The highest BCUT2D eigenvalue weighted by Gasteiger charge is 2.22. The Kier molecular flexibility index (Phi) is 5.20. The van der Waals surface area contributed by atoms with E-state index in [1.807, 2.05) is 27.7 Å². The molecule has 0 fully saturated rings. The largest absolute Gasteiger partial charge is 0.460 e. The summed E-state index contributed by atoms with van der Waals surface area (Å²) in [6.45, 7) is 9.68. The van der Waals surface area contributed by atoms with Crippen molar-refractivity contribution in [1.82, 2.24) is 0 Å². The predicted octanol–water partition coefficient (Wildman–Crippen LogP) is 4.12. The van der Waals surface area contributed by atoms with Crippen LogP contribution in [-0.2, 0) is 16.0 Å². The molecule has 0 unspecified atom stereocenters. The number of ether oxygens (including phenoxy) is 1. The first-order chi connectivity index (χ1) is 8.19. The maximum Gasteiger partial charge on any atom is 0.309 e. The van der Waals surface area contributed by atoms with Gasteiger partial charge in [-0.15, -0.1) is 0 Å². The van der Waals surface area contributed by atoms with Crippen LogP contribution in [0.2, 0.25) is 0 Å². The molecule has 2 nitrogen and oxygen atoms in total. The summed E-state index contributed by atoms with van der Waals surface area (Å²) in [5.41, 5.74) is 2.03. The zero-order valence-electron chi connectivity index (χ0n) is 11.7. The molecule has 1 aromatic rings. The van der Waals surface area contributed by atoms with Gasteiger partial charge in [-0.3, -0.25) is 4.79 Å². The van der Waals surface area contributed by atoms with E-state index in [0.717, 1.165) is 6.42 Å². The molecule has 1 aromatic carbocycles. The predicted molar refractivity (Wildman–Crippen MR) is 82.6 cm³/mol. The highest BCUT2D eigenvalue weighted by atomic mass is 127. The minimum Gasteiger partial charge on any atom is -0.460 e. The smallest absolute Gasteiger partial charge is 0.309 e. The molecule has 0 N–H and O–H groups in total. The number of esters is 1. The summed E-state index contributed by atoms with van der Waals surface area (Å²) in [7, 11) is 0. The molecule has 0 aliphatic rings. The molecule has 0 spiro atoms. The first-order valence-corrected chi connectivity index (χ1v) is 7.25. The van der Waals surface area contributed by atoms with Crippen molar-refractivity contribution in [1.29, 1.82) is 0 Å². The van der Waals surface area contributed by atoms with Crippen molar-refractivity contribution < 1.29 is 9.53 Å². The van der Waals surface area contributed by atoms with Crippen molar-refractivity contribution in [3.63, 3.8) is 0 Å². The van der Waals surface area contributed by atoms with Crippen LogP contribution in [0.25, 0.3) is 0 Å². The lowest BCUT2D eigenvalue weighted by atomic mass is 9.99. The molecule has 0 saturated heterocycles. The number of halogens is 1. The maximum absolute atomic E-state index is 11.9. The summed E-state index contributed by atoms with van der Waals surface area (Å²) in [4.78, 5) is 11.9. The second-order valence-corrected chi connectivity index (χ2v) is 6.90. The molecular weight excluding hydrogens is 339 g/mol. The van der Waals surface area contributed by atoms with Crippen LogP contribution in [0.15, 0.2) is 18.2 Å². The van der Waals surface area contributed by atoms with Gasteiger partial charge in [0.15, 0.2) is 0 Å². The molecule has 18 heavy (non-hydrogen) atoms. The highest BCUT2D eigenvalue weighted by Crippen LogP contribution is 2.20. The minimum absolute atomic E-state index is 0.112. The summed E-state index contributed by atoms with van der Waals surface area (Å²) in [5, 5.41) is 0. The normalized spacial score (nSPS) is 13.2. The van der Waals surface area contributed by atoms with Gasteiger partial charge in [-0.25, -0.2) is 0 Å². The first-order valence-electron chi connectivity index (χ1n) is 6.17. The zero-order chi connectivity index (χ0) is 13.9. The van der Waals surface area contributed by atoms with Crippen LogP contribution in [0.3, 0.4) is 0 Å². The summed E-state index contributed by atoms with van der Waals surface area (Å²) in [6.07, 6.45) is 0.731. The van der Waals surface area contributed by atoms with Crippen molar-refractivity contribution in [2.24, 2.45) is 5.92 Å². The van der Waals surface area contributed by atoms with E-state index in [1.54, 1.807) is 0 Å².